The van der Waals surface area contributed by atoms with Gasteiger partial charge >= 0.3 is 6.18 Å². The Hall–Kier alpha value is -1.86. The number of aromatic nitrogens is 2. The molecule has 1 rings (SSSR count). The summed E-state index contributed by atoms with van der Waals surface area (Å²) in [4.78, 5) is 13.0. The van der Waals surface area contributed by atoms with E-state index in [0.29, 0.717) is 13.1 Å². The average Bonchev–Trinajstić information content (AvgIpc) is 2.35. The van der Waals surface area contributed by atoms with Crippen LogP contribution in [0.4, 0.5) is 19.0 Å². The molecule has 0 aromatic carbocycles. The predicted octanol–water partition coefficient (Wildman–Crippen LogP) is 1.46. The largest absolute Gasteiger partial charge is 0.435 e. The van der Waals surface area contributed by atoms with Crippen molar-refractivity contribution in [1.29, 1.82) is 0 Å². The number of carbonyl (C=O) groups is 1. The van der Waals surface area contributed by atoms with Crippen LogP contribution in [0.25, 0.3) is 0 Å². The second-order valence-electron chi connectivity index (χ2n) is 3.74. The Balaban J connectivity index is 2.79. The number of amides is 1. The lowest BCUT2D eigenvalue weighted by Crippen LogP contribution is -2.37. The molecule has 0 aliphatic carbocycles. The summed E-state index contributed by atoms with van der Waals surface area (Å²) in [6, 6.07) is 2.06. The van der Waals surface area contributed by atoms with E-state index in [1.54, 1.807) is 13.8 Å². The molecule has 0 aliphatic heterocycles. The highest BCUT2D eigenvalue weighted by molar-refractivity contribution is 5.80. The molecule has 19 heavy (non-hydrogen) atoms. The number of anilines is 1. The minimum absolute atomic E-state index is 0.0321. The highest BCUT2D eigenvalue weighted by Crippen LogP contribution is 2.27. The van der Waals surface area contributed by atoms with Crippen LogP contribution in [-0.4, -0.2) is 35.7 Å². The fourth-order valence-corrected chi connectivity index (χ4v) is 1.43. The topological polar surface area (TPSA) is 58.1 Å². The summed E-state index contributed by atoms with van der Waals surface area (Å²) in [6.07, 6.45) is -4.51. The normalized spacial score (nSPS) is 11.2. The molecule has 0 fully saturated rings. The van der Waals surface area contributed by atoms with Crippen LogP contribution in [0.3, 0.4) is 0 Å². The zero-order chi connectivity index (χ0) is 14.5. The van der Waals surface area contributed by atoms with Crippen molar-refractivity contribution in [3.05, 3.63) is 17.8 Å². The summed E-state index contributed by atoms with van der Waals surface area (Å²) in [7, 11) is 0. The van der Waals surface area contributed by atoms with Crippen molar-refractivity contribution in [3.8, 4) is 0 Å². The van der Waals surface area contributed by atoms with Gasteiger partial charge in [0.25, 0.3) is 0 Å². The second kappa shape index (κ2) is 6.35. The molecule has 8 heteroatoms. The lowest BCUT2D eigenvalue weighted by atomic mass is 10.3. The average molecular weight is 276 g/mol. The van der Waals surface area contributed by atoms with E-state index in [4.69, 9.17) is 0 Å². The lowest BCUT2D eigenvalue weighted by molar-refractivity contribution is -0.141. The maximum atomic E-state index is 12.3. The Bertz CT molecular complexity index is 419. The second-order valence-corrected chi connectivity index (χ2v) is 3.74. The fourth-order valence-electron chi connectivity index (χ4n) is 1.43. The van der Waals surface area contributed by atoms with Crippen molar-refractivity contribution in [1.82, 2.24) is 15.5 Å². The maximum absolute atomic E-state index is 12.3. The van der Waals surface area contributed by atoms with Gasteiger partial charge in [-0.3, -0.25) is 4.79 Å². The van der Waals surface area contributed by atoms with Crippen LogP contribution in [0.1, 0.15) is 19.5 Å². The van der Waals surface area contributed by atoms with Crippen LogP contribution in [0.15, 0.2) is 12.1 Å². The smallest absolute Gasteiger partial charge is 0.355 e. The van der Waals surface area contributed by atoms with Crippen molar-refractivity contribution < 1.29 is 18.0 Å². The van der Waals surface area contributed by atoms with Crippen molar-refractivity contribution in [2.75, 3.05) is 24.5 Å². The van der Waals surface area contributed by atoms with Gasteiger partial charge in [-0.1, -0.05) is 0 Å². The Labute approximate surface area is 108 Å². The molecule has 0 radical (unpaired) electrons. The van der Waals surface area contributed by atoms with Crippen LogP contribution in [0.2, 0.25) is 0 Å². The molecule has 0 bridgehead atoms. The summed E-state index contributed by atoms with van der Waals surface area (Å²) in [5.74, 6) is 0.0211. The van der Waals surface area contributed by atoms with Crippen LogP contribution < -0.4 is 10.2 Å². The molecule has 106 valence electrons. The van der Waals surface area contributed by atoms with Gasteiger partial charge in [0, 0.05) is 13.1 Å². The Morgan fingerprint density at radius 1 is 1.32 bits per heavy atom. The van der Waals surface area contributed by atoms with Gasteiger partial charge in [-0.05, 0) is 26.0 Å². The lowest BCUT2D eigenvalue weighted by Gasteiger charge is -2.20. The van der Waals surface area contributed by atoms with Gasteiger partial charge in [0.05, 0.1) is 6.54 Å². The summed E-state index contributed by atoms with van der Waals surface area (Å²) in [6.45, 7) is 4.53. The molecule has 1 aromatic heterocycles. The molecule has 0 atom stereocenters. The first kappa shape index (κ1) is 15.2. The maximum Gasteiger partial charge on any atom is 0.435 e. The monoisotopic (exact) mass is 276 g/mol. The standard InChI is InChI=1S/C11H15F3N4O/c1-3-15-10(19)7-18(4-2)9-6-5-8(16-17-9)11(12,13)14/h5-6H,3-4,7H2,1-2H3,(H,15,19). The van der Waals surface area contributed by atoms with E-state index in [-0.39, 0.29) is 18.3 Å². The molecule has 1 heterocycles. The molecule has 0 unspecified atom stereocenters. The van der Waals surface area contributed by atoms with Crippen LogP contribution in [-0.2, 0) is 11.0 Å². The number of nitrogens with zero attached hydrogens (tertiary/aromatic N) is 3. The van der Waals surface area contributed by atoms with E-state index in [0.717, 1.165) is 6.07 Å². The first-order valence-corrected chi connectivity index (χ1v) is 5.81. The van der Waals surface area contributed by atoms with Gasteiger partial charge in [-0.2, -0.15) is 13.2 Å². The number of alkyl halides is 3. The van der Waals surface area contributed by atoms with Gasteiger partial charge in [-0.25, -0.2) is 0 Å². The summed E-state index contributed by atoms with van der Waals surface area (Å²) >= 11 is 0. The molecule has 1 amide bonds. The number of rotatable bonds is 5. The van der Waals surface area contributed by atoms with E-state index >= 15 is 0 Å². The minimum Gasteiger partial charge on any atom is -0.355 e. The summed E-state index contributed by atoms with van der Waals surface area (Å²) in [5.41, 5.74) is -1.05. The van der Waals surface area contributed by atoms with E-state index in [1.165, 1.54) is 11.0 Å². The third-order valence-corrected chi connectivity index (χ3v) is 2.36. The van der Waals surface area contributed by atoms with Crippen molar-refractivity contribution in [2.45, 2.75) is 20.0 Å². The highest BCUT2D eigenvalue weighted by atomic mass is 19.4. The molecule has 1 aromatic rings. The van der Waals surface area contributed by atoms with Gasteiger partial charge in [-0.15, -0.1) is 10.2 Å². The van der Waals surface area contributed by atoms with Crippen LogP contribution in [0, 0.1) is 0 Å². The van der Waals surface area contributed by atoms with Crippen molar-refractivity contribution in [3.63, 3.8) is 0 Å². The minimum atomic E-state index is -4.51. The number of halogens is 3. The first-order valence-electron chi connectivity index (χ1n) is 5.81. The van der Waals surface area contributed by atoms with E-state index in [9.17, 15) is 18.0 Å². The number of hydrogen-bond donors (Lipinski definition) is 1. The molecule has 5 nitrogen and oxygen atoms in total. The fraction of sp³-hybridized carbons (Fsp3) is 0.545. The van der Waals surface area contributed by atoms with E-state index in [2.05, 4.69) is 15.5 Å². The van der Waals surface area contributed by atoms with E-state index in [1.807, 2.05) is 0 Å². The third kappa shape index (κ3) is 4.38. The Morgan fingerprint density at radius 2 is 2.00 bits per heavy atom. The predicted molar refractivity (Wildman–Crippen MR) is 63.6 cm³/mol. The van der Waals surface area contributed by atoms with Crippen LogP contribution >= 0.6 is 0 Å². The van der Waals surface area contributed by atoms with Gasteiger partial charge < -0.3 is 10.2 Å². The number of likely N-dealkylation sites (N-methyl/N-ethyl adjacent to an activating group) is 2. The molecule has 0 saturated carbocycles. The zero-order valence-corrected chi connectivity index (χ0v) is 10.7. The van der Waals surface area contributed by atoms with Gasteiger partial charge in [0.2, 0.25) is 5.91 Å². The zero-order valence-electron chi connectivity index (χ0n) is 10.7. The molecular formula is C11H15F3N4O. The molecule has 0 spiro atoms. The first-order chi connectivity index (χ1) is 8.88. The SMILES string of the molecule is CCNC(=O)CN(CC)c1ccc(C(F)(F)F)nn1. The number of carbonyl (C=O) groups excluding carboxylic acids is 1. The molecule has 0 aliphatic rings. The van der Waals surface area contributed by atoms with Crippen molar-refractivity contribution >= 4 is 11.7 Å². The molecular weight excluding hydrogens is 261 g/mol. The number of nitrogens with one attached hydrogen (secondary N) is 1. The molecule has 1 N–H and O–H groups in total. The van der Waals surface area contributed by atoms with E-state index < -0.39 is 11.9 Å². The highest BCUT2D eigenvalue weighted by Gasteiger charge is 2.33. The van der Waals surface area contributed by atoms with Crippen LogP contribution in [0.5, 0.6) is 0 Å². The summed E-state index contributed by atoms with van der Waals surface area (Å²) < 4.78 is 37.0. The third-order valence-electron chi connectivity index (χ3n) is 2.36. The quantitative estimate of drug-likeness (QED) is 0.884. The van der Waals surface area contributed by atoms with Gasteiger partial charge in [0.15, 0.2) is 11.5 Å². The molecule has 0 saturated heterocycles. The van der Waals surface area contributed by atoms with Crippen molar-refractivity contribution in [2.24, 2.45) is 0 Å². The summed E-state index contributed by atoms with van der Waals surface area (Å²) in [5, 5.41) is 9.24. The number of hydrogen-bond acceptors (Lipinski definition) is 4. The Morgan fingerprint density at radius 3 is 2.42 bits per heavy atom. The Kier molecular flexibility index (Phi) is 5.08. The van der Waals surface area contributed by atoms with Gasteiger partial charge in [0.1, 0.15) is 0 Å².